The van der Waals surface area contributed by atoms with Crippen molar-refractivity contribution in [2.24, 2.45) is 0 Å². The van der Waals surface area contributed by atoms with Crippen LogP contribution >= 0.6 is 22.7 Å². The number of hydrogen-bond donors (Lipinski definition) is 0. The summed E-state index contributed by atoms with van der Waals surface area (Å²) in [4.78, 5) is 18.1. The molecule has 1 saturated heterocycles. The van der Waals surface area contributed by atoms with Gasteiger partial charge >= 0.3 is 0 Å². The maximum atomic E-state index is 12.9. The number of amides is 1. The maximum Gasteiger partial charge on any atom is 0.228 e. The first-order valence-electron chi connectivity index (χ1n) is 9.84. The van der Waals surface area contributed by atoms with Gasteiger partial charge in [0.05, 0.1) is 11.3 Å². The monoisotopic (exact) mass is 439 g/mol. The molecule has 1 fully saturated rings. The molecule has 30 heavy (non-hydrogen) atoms. The molecule has 9 heteroatoms. The number of carbonyl (C=O) groups excluding carboxylic acids is 1. The number of aryl methyl sites for hydroxylation is 2. The molecule has 4 heterocycles. The van der Waals surface area contributed by atoms with E-state index in [1.807, 2.05) is 36.3 Å². The summed E-state index contributed by atoms with van der Waals surface area (Å²) < 4.78 is 5.49. The van der Waals surface area contributed by atoms with Crippen molar-refractivity contribution in [3.63, 3.8) is 0 Å². The number of piperazine rings is 1. The van der Waals surface area contributed by atoms with E-state index < -0.39 is 0 Å². The van der Waals surface area contributed by atoms with Gasteiger partial charge in [-0.2, -0.15) is 0 Å². The van der Waals surface area contributed by atoms with E-state index in [2.05, 4.69) is 32.4 Å². The minimum absolute atomic E-state index is 0.0838. The van der Waals surface area contributed by atoms with Crippen molar-refractivity contribution in [1.29, 1.82) is 0 Å². The van der Waals surface area contributed by atoms with Crippen molar-refractivity contribution in [2.45, 2.75) is 20.3 Å². The Labute approximate surface area is 181 Å². The fourth-order valence-electron chi connectivity index (χ4n) is 3.81. The first kappa shape index (κ1) is 19.2. The van der Waals surface area contributed by atoms with Crippen LogP contribution < -0.4 is 4.90 Å². The van der Waals surface area contributed by atoms with Gasteiger partial charge in [0, 0.05) is 31.6 Å². The molecule has 0 bridgehead atoms. The predicted molar refractivity (Wildman–Crippen MR) is 119 cm³/mol. The molecule has 5 rings (SSSR count). The number of nitrogens with zero attached hydrogens (tertiary/aromatic N) is 5. The number of rotatable bonds is 4. The highest BCUT2D eigenvalue weighted by Crippen LogP contribution is 2.32. The average molecular weight is 440 g/mol. The second-order valence-electron chi connectivity index (χ2n) is 7.50. The number of carbonyl (C=O) groups is 1. The van der Waals surface area contributed by atoms with Gasteiger partial charge in [0.2, 0.25) is 11.0 Å². The minimum Gasteiger partial charge on any atom is -0.356 e. The van der Waals surface area contributed by atoms with E-state index >= 15 is 0 Å². The summed E-state index contributed by atoms with van der Waals surface area (Å²) >= 11 is 3.27. The molecule has 4 aromatic rings. The lowest BCUT2D eigenvalue weighted by molar-refractivity contribution is -0.130. The summed E-state index contributed by atoms with van der Waals surface area (Å²) in [5.41, 5.74) is 3.67. The van der Waals surface area contributed by atoms with Crippen LogP contribution in [0.5, 0.6) is 0 Å². The quantitative estimate of drug-likeness (QED) is 0.480. The minimum atomic E-state index is 0.0838. The fraction of sp³-hybridized carbons (Fsp3) is 0.333. The Kier molecular flexibility index (Phi) is 5.00. The number of fused-ring (bicyclic) bond motifs is 1. The number of thiophene rings is 1. The smallest absolute Gasteiger partial charge is 0.228 e. The van der Waals surface area contributed by atoms with E-state index in [4.69, 9.17) is 4.52 Å². The molecule has 3 aromatic heterocycles. The van der Waals surface area contributed by atoms with Crippen molar-refractivity contribution in [1.82, 2.24) is 20.3 Å². The van der Waals surface area contributed by atoms with Gasteiger partial charge in [-0.15, -0.1) is 21.5 Å². The lowest BCUT2D eigenvalue weighted by Crippen LogP contribution is -2.49. The Balaban J connectivity index is 1.23. The molecule has 7 nitrogen and oxygen atoms in total. The summed E-state index contributed by atoms with van der Waals surface area (Å²) in [6, 6.07) is 8.18. The Morgan fingerprint density at radius 2 is 2.00 bits per heavy atom. The molecule has 0 atom stereocenters. The lowest BCUT2D eigenvalue weighted by Gasteiger charge is -2.34. The zero-order valence-corrected chi connectivity index (χ0v) is 18.4. The largest absolute Gasteiger partial charge is 0.356 e. The third-order valence-electron chi connectivity index (χ3n) is 5.34. The molecule has 0 unspecified atom stereocenters. The molecular formula is C21H21N5O2S2. The highest BCUT2D eigenvalue weighted by Gasteiger charge is 2.25. The fourth-order valence-corrected chi connectivity index (χ4v) is 5.50. The van der Waals surface area contributed by atoms with Crippen LogP contribution in [0.4, 0.5) is 5.13 Å². The van der Waals surface area contributed by atoms with Crippen molar-refractivity contribution in [2.75, 3.05) is 31.1 Å². The van der Waals surface area contributed by atoms with Gasteiger partial charge in [-0.1, -0.05) is 28.6 Å². The van der Waals surface area contributed by atoms with Gasteiger partial charge in [-0.3, -0.25) is 4.79 Å². The SMILES string of the molecule is Cc1cc(C)c2onc(CC(=O)N3CCN(c4nnc(-c5cccs5)s4)CC3)c2c1. The number of benzene rings is 1. The van der Waals surface area contributed by atoms with Crippen LogP contribution in [0.2, 0.25) is 0 Å². The summed E-state index contributed by atoms with van der Waals surface area (Å²) in [6.45, 7) is 6.89. The van der Waals surface area contributed by atoms with Gasteiger partial charge < -0.3 is 14.3 Å². The third kappa shape index (κ3) is 3.59. The average Bonchev–Trinajstić information content (AvgIpc) is 3.49. The van der Waals surface area contributed by atoms with E-state index in [9.17, 15) is 4.79 Å². The van der Waals surface area contributed by atoms with Crippen LogP contribution in [0.15, 0.2) is 34.2 Å². The zero-order valence-electron chi connectivity index (χ0n) is 16.8. The van der Waals surface area contributed by atoms with Crippen molar-refractivity contribution in [3.05, 3.63) is 46.5 Å². The molecule has 1 aromatic carbocycles. The second-order valence-corrected chi connectivity index (χ2v) is 9.40. The van der Waals surface area contributed by atoms with E-state index in [0.717, 1.165) is 50.2 Å². The summed E-state index contributed by atoms with van der Waals surface area (Å²) in [6.07, 6.45) is 0.261. The van der Waals surface area contributed by atoms with Crippen LogP contribution in [0, 0.1) is 13.8 Å². The first-order chi connectivity index (χ1) is 14.6. The van der Waals surface area contributed by atoms with Gasteiger partial charge in [0.1, 0.15) is 5.69 Å². The van der Waals surface area contributed by atoms with Crippen LogP contribution in [-0.4, -0.2) is 52.3 Å². The van der Waals surface area contributed by atoms with E-state index in [1.165, 1.54) is 0 Å². The second kappa shape index (κ2) is 7.81. The van der Waals surface area contributed by atoms with Crippen LogP contribution in [0.3, 0.4) is 0 Å². The molecule has 1 aliphatic rings. The highest BCUT2D eigenvalue weighted by atomic mass is 32.1. The van der Waals surface area contributed by atoms with E-state index in [0.29, 0.717) is 18.8 Å². The van der Waals surface area contributed by atoms with Crippen molar-refractivity contribution >= 4 is 44.7 Å². The zero-order chi connectivity index (χ0) is 20.7. The predicted octanol–water partition coefficient (Wildman–Crippen LogP) is 3.92. The molecule has 0 saturated carbocycles. The molecule has 0 aliphatic carbocycles. The molecule has 0 radical (unpaired) electrons. The molecule has 0 spiro atoms. The van der Waals surface area contributed by atoms with Gasteiger partial charge in [0.25, 0.3) is 0 Å². The summed E-state index contributed by atoms with van der Waals surface area (Å²) in [7, 11) is 0. The Morgan fingerprint density at radius 3 is 2.77 bits per heavy atom. The normalized spacial score (nSPS) is 14.6. The van der Waals surface area contributed by atoms with E-state index in [1.54, 1.807) is 22.7 Å². The topological polar surface area (TPSA) is 75.4 Å². The number of anilines is 1. The molecule has 154 valence electrons. The maximum absolute atomic E-state index is 12.9. The number of aromatic nitrogens is 3. The highest BCUT2D eigenvalue weighted by molar-refractivity contribution is 7.22. The van der Waals surface area contributed by atoms with Gasteiger partial charge in [-0.05, 0) is 42.5 Å². The summed E-state index contributed by atoms with van der Waals surface area (Å²) in [5, 5.41) is 17.7. The molecular weight excluding hydrogens is 418 g/mol. The van der Waals surface area contributed by atoms with Crippen LogP contribution in [-0.2, 0) is 11.2 Å². The van der Waals surface area contributed by atoms with E-state index in [-0.39, 0.29) is 12.3 Å². The van der Waals surface area contributed by atoms with Crippen LogP contribution in [0.1, 0.15) is 16.8 Å². The standard InChI is InChI=1S/C21H21N5O2S2/c1-13-10-14(2)19-15(11-13)16(24-28-19)12-18(27)25-5-7-26(8-6-25)21-23-22-20(30-21)17-4-3-9-29-17/h3-4,9-11H,5-8,12H2,1-2H3. The number of hydrogen-bond acceptors (Lipinski definition) is 8. The van der Waals surface area contributed by atoms with Crippen molar-refractivity contribution < 1.29 is 9.32 Å². The Morgan fingerprint density at radius 1 is 1.17 bits per heavy atom. The Hall–Kier alpha value is -2.78. The lowest BCUT2D eigenvalue weighted by atomic mass is 10.1. The first-order valence-corrected chi connectivity index (χ1v) is 11.5. The van der Waals surface area contributed by atoms with Crippen molar-refractivity contribution in [3.8, 4) is 9.88 Å². The molecule has 1 amide bonds. The summed E-state index contributed by atoms with van der Waals surface area (Å²) in [5.74, 6) is 0.0838. The molecule has 1 aliphatic heterocycles. The Bertz CT molecular complexity index is 1190. The van der Waals surface area contributed by atoms with Crippen LogP contribution in [0.25, 0.3) is 20.9 Å². The third-order valence-corrected chi connectivity index (χ3v) is 7.37. The van der Waals surface area contributed by atoms with Gasteiger partial charge in [-0.25, -0.2) is 0 Å². The van der Waals surface area contributed by atoms with Gasteiger partial charge in [0.15, 0.2) is 10.6 Å². The molecule has 0 N–H and O–H groups in total.